The molecule has 0 aromatic heterocycles. The molecule has 0 aliphatic carbocycles. The average Bonchev–Trinajstić information content (AvgIpc) is 2.61. The Morgan fingerprint density at radius 1 is 1.15 bits per heavy atom. The Morgan fingerprint density at radius 2 is 1.88 bits per heavy atom. The second-order valence-electron chi connectivity index (χ2n) is 5.61. The molecule has 7 nitrogen and oxygen atoms in total. The molecule has 0 unspecified atom stereocenters. The van der Waals surface area contributed by atoms with Crippen LogP contribution in [-0.4, -0.2) is 27.5 Å². The summed E-state index contributed by atoms with van der Waals surface area (Å²) in [5.41, 5.74) is 0.273. The minimum absolute atomic E-state index is 0.0867. The number of nitrogens with one attached hydrogen (secondary N) is 1. The predicted molar refractivity (Wildman–Crippen MR) is 94.6 cm³/mol. The van der Waals surface area contributed by atoms with Gasteiger partial charge in [0.05, 0.1) is 29.7 Å². The first-order chi connectivity index (χ1) is 12.3. The summed E-state index contributed by atoms with van der Waals surface area (Å²) in [4.78, 5) is 12.2. The highest BCUT2D eigenvalue weighted by atomic mass is 32.2. The molecule has 0 heterocycles. The number of benzene rings is 2. The van der Waals surface area contributed by atoms with Crippen molar-refractivity contribution in [2.45, 2.75) is 24.8 Å². The van der Waals surface area contributed by atoms with Crippen molar-refractivity contribution >= 4 is 15.9 Å². The molecule has 136 valence electrons. The van der Waals surface area contributed by atoms with Crippen LogP contribution in [0.2, 0.25) is 0 Å². The Morgan fingerprint density at radius 3 is 2.50 bits per heavy atom. The van der Waals surface area contributed by atoms with Crippen molar-refractivity contribution in [1.29, 1.82) is 5.26 Å². The smallest absolute Gasteiger partial charge is 0.265 e. The van der Waals surface area contributed by atoms with Crippen molar-refractivity contribution in [1.82, 2.24) is 4.72 Å². The lowest BCUT2D eigenvalue weighted by Gasteiger charge is -2.14. The predicted octanol–water partition coefficient (Wildman–Crippen LogP) is 2.47. The van der Waals surface area contributed by atoms with Crippen LogP contribution in [0.1, 0.15) is 29.8 Å². The fourth-order valence-electron chi connectivity index (χ4n) is 2.13. The van der Waals surface area contributed by atoms with E-state index in [0.29, 0.717) is 11.5 Å². The first-order valence-electron chi connectivity index (χ1n) is 7.69. The number of rotatable bonds is 6. The van der Waals surface area contributed by atoms with Crippen LogP contribution in [0.3, 0.4) is 0 Å². The van der Waals surface area contributed by atoms with Crippen molar-refractivity contribution in [3.05, 3.63) is 53.6 Å². The van der Waals surface area contributed by atoms with E-state index in [9.17, 15) is 13.2 Å². The molecular formula is C18H18N2O5S. The zero-order valence-corrected chi connectivity index (χ0v) is 15.3. The topological polar surface area (TPSA) is 105 Å². The second-order valence-corrected chi connectivity index (χ2v) is 7.29. The number of carbonyl (C=O) groups excluding carboxylic acids is 1. The third-order valence-corrected chi connectivity index (χ3v) is 4.62. The van der Waals surface area contributed by atoms with Crippen LogP contribution in [0, 0.1) is 11.3 Å². The maximum atomic E-state index is 12.4. The summed E-state index contributed by atoms with van der Waals surface area (Å²) in [5, 5.41) is 8.88. The minimum atomic E-state index is -4.11. The molecule has 0 saturated carbocycles. The first-order valence-corrected chi connectivity index (χ1v) is 9.17. The fraction of sp³-hybridized carbons (Fsp3) is 0.222. The molecule has 8 heteroatoms. The number of ether oxygens (including phenoxy) is 2. The molecule has 1 amide bonds. The van der Waals surface area contributed by atoms with Gasteiger partial charge in [0.25, 0.3) is 15.9 Å². The maximum absolute atomic E-state index is 12.4. The SMILES string of the molecule is COc1cc(C(=O)NS(=O)(=O)c2cccc(C#N)c2)ccc1OC(C)C. The van der Waals surface area contributed by atoms with E-state index < -0.39 is 15.9 Å². The molecule has 2 aromatic rings. The van der Waals surface area contributed by atoms with Crippen LogP contribution < -0.4 is 14.2 Å². The van der Waals surface area contributed by atoms with E-state index in [4.69, 9.17) is 14.7 Å². The molecule has 2 rings (SSSR count). The Labute approximate surface area is 152 Å². The van der Waals surface area contributed by atoms with Gasteiger partial charge in [-0.3, -0.25) is 4.79 Å². The highest BCUT2D eigenvalue weighted by molar-refractivity contribution is 7.90. The Balaban J connectivity index is 2.27. The van der Waals surface area contributed by atoms with Gasteiger partial charge in [-0.25, -0.2) is 13.1 Å². The Kier molecular flexibility index (Phi) is 5.85. The molecule has 0 aliphatic heterocycles. The zero-order chi connectivity index (χ0) is 19.3. The molecule has 0 aliphatic rings. The average molecular weight is 374 g/mol. The fourth-order valence-corrected chi connectivity index (χ4v) is 3.15. The van der Waals surface area contributed by atoms with Crippen molar-refractivity contribution < 1.29 is 22.7 Å². The monoisotopic (exact) mass is 374 g/mol. The van der Waals surface area contributed by atoms with Crippen molar-refractivity contribution in [2.24, 2.45) is 0 Å². The number of hydrogen-bond donors (Lipinski definition) is 1. The molecule has 0 bridgehead atoms. The number of nitrogens with zero attached hydrogens (tertiary/aromatic N) is 1. The van der Waals surface area contributed by atoms with Gasteiger partial charge in [0.15, 0.2) is 11.5 Å². The van der Waals surface area contributed by atoms with Crippen LogP contribution in [0.15, 0.2) is 47.4 Å². The molecule has 1 N–H and O–H groups in total. The lowest BCUT2D eigenvalue weighted by Crippen LogP contribution is -2.30. The standard InChI is InChI=1S/C18H18N2O5S/c1-12(2)25-16-8-7-14(10-17(16)24-3)18(21)20-26(22,23)15-6-4-5-13(9-15)11-19/h4-10,12H,1-3H3,(H,20,21). The van der Waals surface area contributed by atoms with Gasteiger partial charge in [-0.2, -0.15) is 5.26 Å². The summed E-state index contributed by atoms with van der Waals surface area (Å²) in [6, 6.07) is 11.6. The van der Waals surface area contributed by atoms with Gasteiger partial charge in [-0.15, -0.1) is 0 Å². The van der Waals surface area contributed by atoms with Gasteiger partial charge in [0, 0.05) is 5.56 Å². The number of nitriles is 1. The van der Waals surface area contributed by atoms with Gasteiger partial charge in [-0.05, 0) is 50.2 Å². The van der Waals surface area contributed by atoms with Crippen LogP contribution in [0.25, 0.3) is 0 Å². The van der Waals surface area contributed by atoms with Crippen LogP contribution >= 0.6 is 0 Å². The Hall–Kier alpha value is -3.05. The zero-order valence-electron chi connectivity index (χ0n) is 14.5. The number of hydrogen-bond acceptors (Lipinski definition) is 6. The summed E-state index contributed by atoms with van der Waals surface area (Å²) >= 11 is 0. The summed E-state index contributed by atoms with van der Waals surface area (Å²) in [5.74, 6) is -0.0550. The largest absolute Gasteiger partial charge is 0.493 e. The molecule has 0 spiro atoms. The number of carbonyl (C=O) groups is 1. The molecule has 26 heavy (non-hydrogen) atoms. The number of sulfonamides is 1. The third kappa shape index (κ3) is 4.52. The molecular weight excluding hydrogens is 356 g/mol. The summed E-state index contributed by atoms with van der Waals surface area (Å²) in [6.07, 6.45) is -0.0867. The van der Waals surface area contributed by atoms with Crippen LogP contribution in [0.4, 0.5) is 0 Å². The van der Waals surface area contributed by atoms with Crippen molar-refractivity contribution in [2.75, 3.05) is 7.11 Å². The summed E-state index contributed by atoms with van der Waals surface area (Å²) < 4.78 is 37.4. The molecule has 0 radical (unpaired) electrons. The van der Waals surface area contributed by atoms with Crippen molar-refractivity contribution in [3.63, 3.8) is 0 Å². The first kappa shape index (κ1) is 19.3. The van der Waals surface area contributed by atoms with E-state index >= 15 is 0 Å². The lowest BCUT2D eigenvalue weighted by atomic mass is 10.2. The second kappa shape index (κ2) is 7.89. The Bertz CT molecular complexity index is 962. The normalized spacial score (nSPS) is 10.9. The molecule has 0 saturated heterocycles. The van der Waals surface area contributed by atoms with Gasteiger partial charge in [-0.1, -0.05) is 6.07 Å². The van der Waals surface area contributed by atoms with E-state index in [1.807, 2.05) is 24.6 Å². The quantitative estimate of drug-likeness (QED) is 0.833. The lowest BCUT2D eigenvalue weighted by molar-refractivity contribution is 0.0981. The van der Waals surface area contributed by atoms with Gasteiger partial charge in [0.2, 0.25) is 0 Å². The number of methoxy groups -OCH3 is 1. The van der Waals surface area contributed by atoms with E-state index in [1.54, 1.807) is 0 Å². The summed E-state index contributed by atoms with van der Waals surface area (Å²) in [6.45, 7) is 3.70. The van der Waals surface area contributed by atoms with E-state index in [2.05, 4.69) is 0 Å². The van der Waals surface area contributed by atoms with E-state index in [-0.39, 0.29) is 22.1 Å². The van der Waals surface area contributed by atoms with Crippen molar-refractivity contribution in [3.8, 4) is 17.6 Å². The third-order valence-electron chi connectivity index (χ3n) is 3.29. The van der Waals surface area contributed by atoms with Gasteiger partial charge < -0.3 is 9.47 Å². The van der Waals surface area contributed by atoms with Gasteiger partial charge >= 0.3 is 0 Å². The molecule has 0 fully saturated rings. The van der Waals surface area contributed by atoms with Crippen LogP contribution in [-0.2, 0) is 10.0 Å². The van der Waals surface area contributed by atoms with E-state index in [0.717, 1.165) is 0 Å². The highest BCUT2D eigenvalue weighted by Gasteiger charge is 2.20. The maximum Gasteiger partial charge on any atom is 0.265 e. The summed E-state index contributed by atoms with van der Waals surface area (Å²) in [7, 11) is -2.69. The van der Waals surface area contributed by atoms with E-state index in [1.165, 1.54) is 49.6 Å². The van der Waals surface area contributed by atoms with Crippen LogP contribution in [0.5, 0.6) is 11.5 Å². The highest BCUT2D eigenvalue weighted by Crippen LogP contribution is 2.29. The minimum Gasteiger partial charge on any atom is -0.493 e. The number of amides is 1. The molecule has 0 atom stereocenters. The van der Waals surface area contributed by atoms with Gasteiger partial charge in [0.1, 0.15) is 0 Å². The molecule has 2 aromatic carbocycles.